The first-order valence-electron chi connectivity index (χ1n) is 9.58. The Morgan fingerprint density at radius 2 is 1.93 bits per heavy atom. The highest BCUT2D eigenvalue weighted by atomic mass is 32.2. The van der Waals surface area contributed by atoms with Crippen LogP contribution in [-0.4, -0.2) is 44.6 Å². The second-order valence-electron chi connectivity index (χ2n) is 7.06. The monoisotopic (exact) mass is 409 g/mol. The Labute approximate surface area is 173 Å². The number of thioether (sulfide) groups is 1. The first-order chi connectivity index (χ1) is 14.2. The third-order valence-electron chi connectivity index (χ3n) is 4.95. The number of amides is 1. The van der Waals surface area contributed by atoms with E-state index in [1.54, 1.807) is 19.5 Å². The van der Waals surface area contributed by atoms with Gasteiger partial charge in [0.1, 0.15) is 5.75 Å². The second-order valence-corrected chi connectivity index (χ2v) is 8.00. The molecule has 1 aromatic carbocycles. The van der Waals surface area contributed by atoms with Crippen LogP contribution in [0, 0.1) is 5.92 Å². The summed E-state index contributed by atoms with van der Waals surface area (Å²) in [5.41, 5.74) is 1.80. The maximum Gasteiger partial charge on any atom is 0.230 e. The summed E-state index contributed by atoms with van der Waals surface area (Å²) in [6.07, 6.45) is 5.86. The van der Waals surface area contributed by atoms with Crippen LogP contribution in [-0.2, 0) is 4.79 Å². The van der Waals surface area contributed by atoms with Crippen molar-refractivity contribution < 1.29 is 9.53 Å². The standard InChI is InChI=1S/C21H23N5O2S/c1-14(15-3-4-15)23-19(27)13-29-21-25-24-20(16-9-11-22-12-10-16)26(21)17-5-7-18(28-2)8-6-17/h5-12,14-15H,3-4,13H2,1-2H3,(H,23,27)/t14-/m1/s1. The molecular formula is C21H23N5O2S. The smallest absolute Gasteiger partial charge is 0.230 e. The number of methoxy groups -OCH3 is 1. The molecule has 1 aliphatic carbocycles. The molecular weight excluding hydrogens is 386 g/mol. The normalized spacial score (nSPS) is 14.4. The van der Waals surface area contributed by atoms with Gasteiger partial charge in [0.2, 0.25) is 5.91 Å². The van der Waals surface area contributed by atoms with Crippen LogP contribution in [0.1, 0.15) is 19.8 Å². The van der Waals surface area contributed by atoms with Gasteiger partial charge in [-0.15, -0.1) is 10.2 Å². The van der Waals surface area contributed by atoms with Gasteiger partial charge in [-0.1, -0.05) is 11.8 Å². The Morgan fingerprint density at radius 3 is 2.59 bits per heavy atom. The number of hydrogen-bond acceptors (Lipinski definition) is 6. The van der Waals surface area contributed by atoms with E-state index in [2.05, 4.69) is 27.4 Å². The van der Waals surface area contributed by atoms with Crippen LogP contribution in [0.4, 0.5) is 0 Å². The summed E-state index contributed by atoms with van der Waals surface area (Å²) in [4.78, 5) is 16.4. The molecule has 4 rings (SSSR count). The van der Waals surface area contributed by atoms with Crippen molar-refractivity contribution in [3.05, 3.63) is 48.8 Å². The number of carbonyl (C=O) groups excluding carboxylic acids is 1. The molecule has 0 bridgehead atoms. The van der Waals surface area contributed by atoms with E-state index in [9.17, 15) is 4.79 Å². The van der Waals surface area contributed by atoms with Crippen molar-refractivity contribution in [3.63, 3.8) is 0 Å². The van der Waals surface area contributed by atoms with E-state index < -0.39 is 0 Å². The number of benzene rings is 1. The zero-order valence-electron chi connectivity index (χ0n) is 16.4. The van der Waals surface area contributed by atoms with Gasteiger partial charge in [-0.3, -0.25) is 14.3 Å². The predicted molar refractivity (Wildman–Crippen MR) is 112 cm³/mol. The van der Waals surface area contributed by atoms with Crippen LogP contribution in [0.25, 0.3) is 17.1 Å². The fourth-order valence-corrected chi connectivity index (χ4v) is 3.92. The SMILES string of the molecule is COc1ccc(-n2c(SCC(=O)N[C@H](C)C3CC3)nnc2-c2ccncc2)cc1. The largest absolute Gasteiger partial charge is 0.497 e. The number of nitrogens with zero attached hydrogens (tertiary/aromatic N) is 4. The van der Waals surface area contributed by atoms with Crippen molar-refractivity contribution >= 4 is 17.7 Å². The highest BCUT2D eigenvalue weighted by molar-refractivity contribution is 7.99. The van der Waals surface area contributed by atoms with Gasteiger partial charge in [0, 0.05) is 29.7 Å². The lowest BCUT2D eigenvalue weighted by Gasteiger charge is -2.13. The quantitative estimate of drug-likeness (QED) is 0.575. The molecule has 3 aromatic rings. The number of aromatic nitrogens is 4. The molecule has 0 aliphatic heterocycles. The average Bonchev–Trinajstić information content (AvgIpc) is 3.53. The molecule has 1 saturated carbocycles. The van der Waals surface area contributed by atoms with Gasteiger partial charge in [-0.25, -0.2) is 0 Å². The molecule has 0 spiro atoms. The van der Waals surface area contributed by atoms with Crippen LogP contribution >= 0.6 is 11.8 Å². The van der Waals surface area contributed by atoms with Crippen LogP contribution < -0.4 is 10.1 Å². The van der Waals surface area contributed by atoms with E-state index in [0.717, 1.165) is 17.0 Å². The minimum absolute atomic E-state index is 0.0177. The zero-order chi connectivity index (χ0) is 20.2. The number of nitrogens with one attached hydrogen (secondary N) is 1. The van der Waals surface area contributed by atoms with E-state index in [4.69, 9.17) is 4.74 Å². The van der Waals surface area contributed by atoms with E-state index in [0.29, 0.717) is 22.7 Å². The predicted octanol–water partition coefficient (Wildman–Crippen LogP) is 3.34. The lowest BCUT2D eigenvalue weighted by atomic mass is 10.2. The summed E-state index contributed by atoms with van der Waals surface area (Å²) in [7, 11) is 1.64. The van der Waals surface area contributed by atoms with E-state index in [1.165, 1.54) is 24.6 Å². The molecule has 29 heavy (non-hydrogen) atoms. The molecule has 1 N–H and O–H groups in total. The molecule has 0 radical (unpaired) electrons. The van der Waals surface area contributed by atoms with Crippen molar-refractivity contribution in [1.82, 2.24) is 25.1 Å². The lowest BCUT2D eigenvalue weighted by molar-refractivity contribution is -0.119. The minimum atomic E-state index is 0.0177. The maximum atomic E-state index is 12.4. The molecule has 1 amide bonds. The molecule has 2 aromatic heterocycles. The Kier molecular flexibility index (Phi) is 5.80. The molecule has 8 heteroatoms. The zero-order valence-corrected chi connectivity index (χ0v) is 17.2. The average molecular weight is 410 g/mol. The molecule has 1 aliphatic rings. The fraction of sp³-hybridized carbons (Fsp3) is 0.333. The minimum Gasteiger partial charge on any atom is -0.497 e. The molecule has 1 fully saturated rings. The number of hydrogen-bond donors (Lipinski definition) is 1. The Morgan fingerprint density at radius 1 is 1.21 bits per heavy atom. The summed E-state index contributed by atoms with van der Waals surface area (Å²) in [6, 6.07) is 11.7. The fourth-order valence-electron chi connectivity index (χ4n) is 3.16. The van der Waals surface area contributed by atoms with Gasteiger partial charge in [-0.2, -0.15) is 0 Å². The summed E-state index contributed by atoms with van der Waals surface area (Å²) in [6.45, 7) is 2.07. The third kappa shape index (κ3) is 4.59. The number of rotatable bonds is 8. The van der Waals surface area contributed by atoms with E-state index >= 15 is 0 Å². The van der Waals surface area contributed by atoms with Crippen LogP contribution in [0.5, 0.6) is 5.75 Å². The lowest BCUT2D eigenvalue weighted by Crippen LogP contribution is -2.35. The van der Waals surface area contributed by atoms with Crippen LogP contribution in [0.15, 0.2) is 53.9 Å². The number of pyridine rings is 1. The van der Waals surface area contributed by atoms with Gasteiger partial charge >= 0.3 is 0 Å². The molecule has 150 valence electrons. The Hall–Kier alpha value is -2.87. The van der Waals surface area contributed by atoms with Gasteiger partial charge in [0.25, 0.3) is 0 Å². The molecule has 0 unspecified atom stereocenters. The molecule has 1 atom stereocenters. The summed E-state index contributed by atoms with van der Waals surface area (Å²) in [5.74, 6) is 2.41. The van der Waals surface area contributed by atoms with Crippen molar-refractivity contribution in [2.45, 2.75) is 31.0 Å². The molecule has 2 heterocycles. The Balaban J connectivity index is 1.59. The van der Waals surface area contributed by atoms with E-state index in [1.807, 2.05) is 41.0 Å². The number of ether oxygens (including phenoxy) is 1. The summed E-state index contributed by atoms with van der Waals surface area (Å²) >= 11 is 1.38. The topological polar surface area (TPSA) is 81.9 Å². The highest BCUT2D eigenvalue weighted by Crippen LogP contribution is 2.32. The van der Waals surface area contributed by atoms with Crippen molar-refractivity contribution in [2.24, 2.45) is 5.92 Å². The first-order valence-corrected chi connectivity index (χ1v) is 10.6. The van der Waals surface area contributed by atoms with Gasteiger partial charge < -0.3 is 10.1 Å². The highest BCUT2D eigenvalue weighted by Gasteiger charge is 2.29. The summed E-state index contributed by atoms with van der Waals surface area (Å²) in [5, 5.41) is 12.5. The molecule has 7 nitrogen and oxygen atoms in total. The second kappa shape index (κ2) is 8.65. The Bertz CT molecular complexity index is 970. The van der Waals surface area contributed by atoms with Crippen LogP contribution in [0.2, 0.25) is 0 Å². The molecule has 0 saturated heterocycles. The first kappa shape index (κ1) is 19.4. The van der Waals surface area contributed by atoms with Gasteiger partial charge in [-0.05, 0) is 62.1 Å². The summed E-state index contributed by atoms with van der Waals surface area (Å²) < 4.78 is 7.22. The van der Waals surface area contributed by atoms with Gasteiger partial charge in [0.15, 0.2) is 11.0 Å². The van der Waals surface area contributed by atoms with Crippen molar-refractivity contribution in [1.29, 1.82) is 0 Å². The van der Waals surface area contributed by atoms with Gasteiger partial charge in [0.05, 0.1) is 12.9 Å². The van der Waals surface area contributed by atoms with E-state index in [-0.39, 0.29) is 11.9 Å². The third-order valence-corrected chi connectivity index (χ3v) is 5.88. The van der Waals surface area contributed by atoms with Crippen molar-refractivity contribution in [3.8, 4) is 22.8 Å². The van der Waals surface area contributed by atoms with Crippen molar-refractivity contribution in [2.75, 3.05) is 12.9 Å². The van der Waals surface area contributed by atoms with Crippen LogP contribution in [0.3, 0.4) is 0 Å². The maximum absolute atomic E-state index is 12.4. The number of carbonyl (C=O) groups is 1.